The van der Waals surface area contributed by atoms with Crippen molar-refractivity contribution < 1.29 is 18.3 Å². The normalized spacial score (nSPS) is 12.9. The number of nitrogens with one attached hydrogen (secondary N) is 1. The Morgan fingerprint density at radius 2 is 2.05 bits per heavy atom. The summed E-state index contributed by atoms with van der Waals surface area (Å²) in [4.78, 5) is 11.6. The van der Waals surface area contributed by atoms with E-state index in [9.17, 15) is 13.6 Å². The number of alkyl halides is 2. The molecule has 0 aromatic heterocycles. The zero-order valence-electron chi connectivity index (χ0n) is 10.3. The van der Waals surface area contributed by atoms with E-state index in [1.54, 1.807) is 24.3 Å². The number of ether oxygens (including phenoxy) is 1. The molecule has 0 aliphatic rings. The molecule has 19 heavy (non-hydrogen) atoms. The molecule has 0 aliphatic heterocycles. The van der Waals surface area contributed by atoms with Crippen LogP contribution in [0.3, 0.4) is 0 Å². The first-order valence-electron chi connectivity index (χ1n) is 5.62. The lowest BCUT2D eigenvalue weighted by Crippen LogP contribution is -2.45. The van der Waals surface area contributed by atoms with Gasteiger partial charge in [-0.2, -0.15) is 0 Å². The molecule has 7 heteroatoms. The average Bonchev–Trinajstić information content (AvgIpc) is 2.38. The van der Waals surface area contributed by atoms with Crippen LogP contribution in [0.2, 0.25) is 0 Å². The molecular formula is C12H15BrF2N2O2. The topological polar surface area (TPSA) is 64.3 Å². The third-order valence-electron chi connectivity index (χ3n) is 2.32. The van der Waals surface area contributed by atoms with Crippen molar-refractivity contribution in [1.29, 1.82) is 0 Å². The summed E-state index contributed by atoms with van der Waals surface area (Å²) in [6, 6.07) is 6.84. The highest BCUT2D eigenvalue weighted by atomic mass is 79.9. The van der Waals surface area contributed by atoms with E-state index in [-0.39, 0.29) is 0 Å². The fourth-order valence-electron chi connectivity index (χ4n) is 1.20. The molecule has 1 unspecified atom stereocenters. The molecule has 106 valence electrons. The molecule has 0 saturated carbocycles. The number of carbonyl (C=O) groups excluding carboxylic acids is 1. The van der Waals surface area contributed by atoms with E-state index in [0.717, 1.165) is 4.47 Å². The maximum Gasteiger partial charge on any atom is 0.277 e. The van der Waals surface area contributed by atoms with Crippen LogP contribution in [0, 0.1) is 0 Å². The number of nitrogens with two attached hydrogens (primary N) is 1. The SMILES string of the molecule is CC(Oc1ccc(Br)cc1)C(=O)NCC(F)(F)CN. The molecule has 0 heterocycles. The Kier molecular flexibility index (Phi) is 5.68. The third-order valence-corrected chi connectivity index (χ3v) is 2.84. The Morgan fingerprint density at radius 1 is 1.47 bits per heavy atom. The number of halogens is 3. The van der Waals surface area contributed by atoms with E-state index in [1.165, 1.54) is 6.92 Å². The summed E-state index contributed by atoms with van der Waals surface area (Å²) in [5.74, 6) is -3.24. The van der Waals surface area contributed by atoms with Crippen molar-refractivity contribution in [3.05, 3.63) is 28.7 Å². The van der Waals surface area contributed by atoms with Gasteiger partial charge in [0, 0.05) is 4.47 Å². The minimum atomic E-state index is -3.10. The maximum absolute atomic E-state index is 12.9. The molecule has 0 fully saturated rings. The Morgan fingerprint density at radius 3 is 2.58 bits per heavy atom. The fraction of sp³-hybridized carbons (Fsp3) is 0.417. The summed E-state index contributed by atoms with van der Waals surface area (Å²) in [5.41, 5.74) is 4.87. The molecular weight excluding hydrogens is 322 g/mol. The summed E-state index contributed by atoms with van der Waals surface area (Å²) in [6.45, 7) is -0.121. The predicted molar refractivity (Wildman–Crippen MR) is 71.2 cm³/mol. The van der Waals surface area contributed by atoms with Crippen LogP contribution in [0.5, 0.6) is 5.75 Å². The number of amides is 1. The molecule has 1 amide bonds. The van der Waals surface area contributed by atoms with Gasteiger partial charge in [-0.3, -0.25) is 4.79 Å². The Hall–Kier alpha value is -1.21. The van der Waals surface area contributed by atoms with Crippen LogP contribution in [0.4, 0.5) is 8.78 Å². The standard InChI is InChI=1S/C12H15BrF2N2O2/c1-8(11(18)17-7-12(14,15)6-16)19-10-4-2-9(13)3-5-10/h2-5,8H,6-7,16H2,1H3,(H,17,18). The van der Waals surface area contributed by atoms with Crippen molar-refractivity contribution in [3.63, 3.8) is 0 Å². The molecule has 0 aliphatic carbocycles. The van der Waals surface area contributed by atoms with Gasteiger partial charge in [0.1, 0.15) is 5.75 Å². The van der Waals surface area contributed by atoms with Gasteiger partial charge >= 0.3 is 0 Å². The molecule has 1 rings (SSSR count). The highest BCUT2D eigenvalue weighted by Crippen LogP contribution is 2.17. The molecule has 0 radical (unpaired) electrons. The van der Waals surface area contributed by atoms with Crippen LogP contribution in [0.25, 0.3) is 0 Å². The van der Waals surface area contributed by atoms with Crippen LogP contribution < -0.4 is 15.8 Å². The van der Waals surface area contributed by atoms with E-state index in [2.05, 4.69) is 21.2 Å². The lowest BCUT2D eigenvalue weighted by molar-refractivity contribution is -0.129. The van der Waals surface area contributed by atoms with E-state index in [1.807, 2.05) is 0 Å². The Balaban J connectivity index is 2.47. The van der Waals surface area contributed by atoms with Gasteiger partial charge in [-0.05, 0) is 31.2 Å². The highest BCUT2D eigenvalue weighted by Gasteiger charge is 2.28. The average molecular weight is 337 g/mol. The van der Waals surface area contributed by atoms with Crippen molar-refractivity contribution in [3.8, 4) is 5.75 Å². The van der Waals surface area contributed by atoms with Gasteiger partial charge in [0.2, 0.25) is 0 Å². The van der Waals surface area contributed by atoms with Crippen molar-refractivity contribution in [2.24, 2.45) is 5.73 Å². The van der Waals surface area contributed by atoms with Crippen LogP contribution in [0.15, 0.2) is 28.7 Å². The molecule has 3 N–H and O–H groups in total. The summed E-state index contributed by atoms with van der Waals surface area (Å²) < 4.78 is 31.9. The number of hydrogen-bond acceptors (Lipinski definition) is 3. The number of carbonyl (C=O) groups is 1. The van der Waals surface area contributed by atoms with E-state index in [4.69, 9.17) is 10.5 Å². The largest absolute Gasteiger partial charge is 0.481 e. The highest BCUT2D eigenvalue weighted by molar-refractivity contribution is 9.10. The van der Waals surface area contributed by atoms with Crippen molar-refractivity contribution in [1.82, 2.24) is 5.32 Å². The first kappa shape index (κ1) is 15.8. The number of benzene rings is 1. The quantitative estimate of drug-likeness (QED) is 0.834. The molecule has 1 aromatic rings. The number of rotatable bonds is 6. The van der Waals surface area contributed by atoms with Crippen molar-refractivity contribution in [2.75, 3.05) is 13.1 Å². The van der Waals surface area contributed by atoms with Gasteiger partial charge in [-0.25, -0.2) is 8.78 Å². The lowest BCUT2D eigenvalue weighted by atomic mass is 10.3. The van der Waals surface area contributed by atoms with Crippen molar-refractivity contribution in [2.45, 2.75) is 19.0 Å². The molecule has 1 aromatic carbocycles. The van der Waals surface area contributed by atoms with Crippen molar-refractivity contribution >= 4 is 21.8 Å². The van der Waals surface area contributed by atoms with Gasteiger partial charge < -0.3 is 15.8 Å². The maximum atomic E-state index is 12.9. The molecule has 1 atom stereocenters. The Labute approximate surface area is 118 Å². The zero-order valence-corrected chi connectivity index (χ0v) is 11.9. The predicted octanol–water partition coefficient (Wildman–Crippen LogP) is 1.93. The third kappa shape index (κ3) is 5.52. The van der Waals surface area contributed by atoms with Crippen LogP contribution >= 0.6 is 15.9 Å². The second kappa shape index (κ2) is 6.81. The first-order valence-corrected chi connectivity index (χ1v) is 6.41. The van der Waals surface area contributed by atoms with E-state index < -0.39 is 31.0 Å². The van der Waals surface area contributed by atoms with Gasteiger partial charge in [-0.1, -0.05) is 15.9 Å². The monoisotopic (exact) mass is 336 g/mol. The van der Waals surface area contributed by atoms with Gasteiger partial charge in [-0.15, -0.1) is 0 Å². The molecule has 0 saturated heterocycles. The second-order valence-electron chi connectivity index (χ2n) is 3.99. The second-order valence-corrected chi connectivity index (χ2v) is 4.91. The molecule has 0 bridgehead atoms. The summed E-state index contributed by atoms with van der Waals surface area (Å²) in [6.07, 6.45) is -0.866. The first-order chi connectivity index (χ1) is 8.84. The van der Waals surface area contributed by atoms with Gasteiger partial charge in [0.05, 0.1) is 13.1 Å². The zero-order chi connectivity index (χ0) is 14.5. The van der Waals surface area contributed by atoms with E-state index >= 15 is 0 Å². The van der Waals surface area contributed by atoms with Crippen LogP contribution in [0.1, 0.15) is 6.92 Å². The van der Waals surface area contributed by atoms with Gasteiger partial charge in [0.25, 0.3) is 11.8 Å². The summed E-state index contributed by atoms with van der Waals surface area (Å²) in [5, 5.41) is 2.10. The minimum Gasteiger partial charge on any atom is -0.481 e. The van der Waals surface area contributed by atoms with Gasteiger partial charge in [0.15, 0.2) is 6.10 Å². The molecule has 4 nitrogen and oxygen atoms in total. The van der Waals surface area contributed by atoms with E-state index in [0.29, 0.717) is 5.75 Å². The Bertz CT molecular complexity index is 426. The summed E-state index contributed by atoms with van der Waals surface area (Å²) in [7, 11) is 0. The minimum absolute atomic E-state index is 0.483. The fourth-order valence-corrected chi connectivity index (χ4v) is 1.47. The smallest absolute Gasteiger partial charge is 0.277 e. The lowest BCUT2D eigenvalue weighted by Gasteiger charge is -2.18. The van der Waals surface area contributed by atoms with Crippen LogP contribution in [-0.4, -0.2) is 31.0 Å². The van der Waals surface area contributed by atoms with Crippen LogP contribution in [-0.2, 0) is 4.79 Å². The molecule has 0 spiro atoms. The summed E-state index contributed by atoms with van der Waals surface area (Å²) >= 11 is 3.27. The number of hydrogen-bond donors (Lipinski definition) is 2.